The van der Waals surface area contributed by atoms with Gasteiger partial charge in [0.1, 0.15) is 0 Å². The Kier molecular flexibility index (Phi) is 2.99. The Hall–Kier alpha value is -1.87. The number of alkyl halides is 6. The van der Waals surface area contributed by atoms with Crippen molar-refractivity contribution in [2.24, 2.45) is 5.73 Å². The van der Waals surface area contributed by atoms with Crippen molar-refractivity contribution in [3.63, 3.8) is 0 Å². The highest BCUT2D eigenvalue weighted by molar-refractivity contribution is 5.91. The summed E-state index contributed by atoms with van der Waals surface area (Å²) in [6.45, 7) is 0. The van der Waals surface area contributed by atoms with Crippen LogP contribution in [-0.4, -0.2) is 15.9 Å². The van der Waals surface area contributed by atoms with Crippen LogP contribution < -0.4 is 5.73 Å². The van der Waals surface area contributed by atoms with Crippen molar-refractivity contribution < 1.29 is 31.1 Å². The molecule has 0 aliphatic rings. The lowest BCUT2D eigenvalue weighted by atomic mass is 10.2. The van der Waals surface area contributed by atoms with Crippen LogP contribution >= 0.6 is 0 Å². The van der Waals surface area contributed by atoms with Crippen LogP contribution in [0.25, 0.3) is 0 Å². The highest BCUT2D eigenvalue weighted by atomic mass is 19.4. The number of nitrogens with two attached hydrogens (primary N) is 1. The molecule has 0 aliphatic carbocycles. The van der Waals surface area contributed by atoms with Crippen molar-refractivity contribution >= 4 is 5.91 Å². The summed E-state index contributed by atoms with van der Waals surface area (Å²) in [5, 5.41) is 0. The fourth-order valence-electron chi connectivity index (χ4n) is 0.904. The maximum Gasteiger partial charge on any atom is 0.435 e. The highest BCUT2D eigenvalue weighted by Gasteiger charge is 2.42. The third kappa shape index (κ3) is 2.82. The van der Waals surface area contributed by atoms with Gasteiger partial charge in [0.25, 0.3) is 5.91 Å². The van der Waals surface area contributed by atoms with Gasteiger partial charge in [-0.3, -0.25) is 4.79 Å². The molecule has 94 valence electrons. The molecular formula is C7H3F6N3O. The molecule has 1 rings (SSSR count). The summed E-state index contributed by atoms with van der Waals surface area (Å²) in [6.07, 6.45) is -10.3. The maximum atomic E-state index is 12.3. The lowest BCUT2D eigenvalue weighted by molar-refractivity contribution is -0.150. The van der Waals surface area contributed by atoms with Crippen LogP contribution in [0.4, 0.5) is 26.3 Å². The van der Waals surface area contributed by atoms with Gasteiger partial charge in [-0.25, -0.2) is 9.97 Å². The molecule has 0 atom stereocenters. The standard InChI is InChI=1S/C7H3F6N3O/c8-6(9,10)2-1-15-3(5(14)17)4(16-2)7(11,12)13/h1H,(H2,14,17). The number of carbonyl (C=O) groups is 1. The number of aromatic nitrogens is 2. The average Bonchev–Trinajstić information content (AvgIpc) is 2.14. The molecule has 2 N–H and O–H groups in total. The Bertz CT molecular complexity index is 452. The summed E-state index contributed by atoms with van der Waals surface area (Å²) in [7, 11) is 0. The Labute approximate surface area is 89.5 Å². The summed E-state index contributed by atoms with van der Waals surface area (Å²) in [5.41, 5.74) is -0.716. The second kappa shape index (κ2) is 3.86. The summed E-state index contributed by atoms with van der Waals surface area (Å²) in [5.74, 6) is -1.61. The van der Waals surface area contributed by atoms with Gasteiger partial charge in [-0.15, -0.1) is 0 Å². The molecule has 0 aliphatic heterocycles. The monoisotopic (exact) mass is 259 g/mol. The highest BCUT2D eigenvalue weighted by Crippen LogP contribution is 2.33. The molecule has 0 unspecified atom stereocenters. The molecular weight excluding hydrogens is 256 g/mol. The Morgan fingerprint density at radius 3 is 2.00 bits per heavy atom. The average molecular weight is 259 g/mol. The summed E-state index contributed by atoms with van der Waals surface area (Å²) < 4.78 is 73.2. The van der Waals surface area contributed by atoms with E-state index in [2.05, 4.69) is 15.7 Å². The number of hydrogen-bond acceptors (Lipinski definition) is 3. The number of rotatable bonds is 1. The number of carbonyl (C=O) groups excluding carboxylic acids is 1. The van der Waals surface area contributed by atoms with E-state index >= 15 is 0 Å². The first-order valence-electron chi connectivity index (χ1n) is 3.84. The molecule has 0 radical (unpaired) electrons. The van der Waals surface area contributed by atoms with E-state index in [1.54, 1.807) is 0 Å². The molecule has 1 amide bonds. The predicted molar refractivity (Wildman–Crippen MR) is 40.6 cm³/mol. The Balaban J connectivity index is 3.46. The fourth-order valence-corrected chi connectivity index (χ4v) is 0.904. The molecule has 0 aromatic carbocycles. The zero-order valence-electron chi connectivity index (χ0n) is 7.73. The van der Waals surface area contributed by atoms with Gasteiger partial charge in [0, 0.05) is 0 Å². The predicted octanol–water partition coefficient (Wildman–Crippen LogP) is 1.61. The van der Waals surface area contributed by atoms with E-state index in [9.17, 15) is 31.1 Å². The molecule has 10 heteroatoms. The molecule has 1 aromatic rings. The van der Waals surface area contributed by atoms with Crippen LogP contribution in [-0.2, 0) is 12.4 Å². The van der Waals surface area contributed by atoms with E-state index < -0.39 is 35.3 Å². The minimum absolute atomic E-state index is 0.00926. The van der Waals surface area contributed by atoms with E-state index in [1.165, 1.54) is 0 Å². The van der Waals surface area contributed by atoms with Gasteiger partial charge in [0.2, 0.25) is 0 Å². The van der Waals surface area contributed by atoms with E-state index in [0.717, 1.165) is 0 Å². The van der Waals surface area contributed by atoms with Crippen LogP contribution in [0.1, 0.15) is 21.9 Å². The zero-order valence-corrected chi connectivity index (χ0v) is 7.73. The molecule has 0 spiro atoms. The van der Waals surface area contributed by atoms with Crippen LogP contribution in [0, 0.1) is 0 Å². The van der Waals surface area contributed by atoms with E-state index in [4.69, 9.17) is 0 Å². The fraction of sp³-hybridized carbons (Fsp3) is 0.286. The smallest absolute Gasteiger partial charge is 0.364 e. The third-order valence-corrected chi connectivity index (χ3v) is 1.56. The molecule has 1 heterocycles. The molecule has 1 aromatic heterocycles. The van der Waals surface area contributed by atoms with Gasteiger partial charge in [-0.2, -0.15) is 26.3 Å². The molecule has 17 heavy (non-hydrogen) atoms. The van der Waals surface area contributed by atoms with Crippen molar-refractivity contribution in [1.82, 2.24) is 9.97 Å². The van der Waals surface area contributed by atoms with Crippen LogP contribution in [0.3, 0.4) is 0 Å². The van der Waals surface area contributed by atoms with Crippen molar-refractivity contribution in [2.45, 2.75) is 12.4 Å². The molecule has 4 nitrogen and oxygen atoms in total. The summed E-state index contributed by atoms with van der Waals surface area (Å²) >= 11 is 0. The van der Waals surface area contributed by atoms with Gasteiger partial charge in [-0.1, -0.05) is 0 Å². The number of hydrogen-bond donors (Lipinski definition) is 1. The van der Waals surface area contributed by atoms with Crippen LogP contribution in [0.5, 0.6) is 0 Å². The van der Waals surface area contributed by atoms with E-state index in [1.807, 2.05) is 0 Å². The third-order valence-electron chi connectivity index (χ3n) is 1.56. The number of halogens is 6. The SMILES string of the molecule is NC(=O)c1ncc(C(F)(F)F)nc1C(F)(F)F. The van der Waals surface area contributed by atoms with Crippen molar-refractivity contribution in [2.75, 3.05) is 0 Å². The first-order chi connectivity index (χ1) is 7.53. The van der Waals surface area contributed by atoms with Gasteiger partial charge in [-0.05, 0) is 0 Å². The van der Waals surface area contributed by atoms with Crippen molar-refractivity contribution in [3.05, 3.63) is 23.3 Å². The van der Waals surface area contributed by atoms with Crippen molar-refractivity contribution in [3.8, 4) is 0 Å². The van der Waals surface area contributed by atoms with Gasteiger partial charge < -0.3 is 5.73 Å². The van der Waals surface area contributed by atoms with Crippen molar-refractivity contribution in [1.29, 1.82) is 0 Å². The van der Waals surface area contributed by atoms with Crippen LogP contribution in [0.15, 0.2) is 6.20 Å². The molecule has 0 saturated heterocycles. The van der Waals surface area contributed by atoms with E-state index in [-0.39, 0.29) is 6.20 Å². The molecule has 0 saturated carbocycles. The van der Waals surface area contributed by atoms with E-state index in [0.29, 0.717) is 0 Å². The first-order valence-corrected chi connectivity index (χ1v) is 3.84. The summed E-state index contributed by atoms with van der Waals surface area (Å²) in [4.78, 5) is 15.6. The lowest BCUT2D eigenvalue weighted by Gasteiger charge is -2.11. The number of nitrogens with zero attached hydrogens (tertiary/aromatic N) is 2. The summed E-state index contributed by atoms with van der Waals surface area (Å²) in [6, 6.07) is 0. The number of primary amides is 1. The quantitative estimate of drug-likeness (QED) is 0.779. The number of amides is 1. The van der Waals surface area contributed by atoms with Gasteiger partial charge in [0.15, 0.2) is 17.1 Å². The second-order valence-corrected chi connectivity index (χ2v) is 2.81. The molecule has 0 bridgehead atoms. The topological polar surface area (TPSA) is 68.9 Å². The first kappa shape index (κ1) is 13.2. The maximum absolute atomic E-state index is 12.3. The Morgan fingerprint density at radius 1 is 1.12 bits per heavy atom. The van der Waals surface area contributed by atoms with Gasteiger partial charge >= 0.3 is 12.4 Å². The largest absolute Gasteiger partial charge is 0.435 e. The van der Waals surface area contributed by atoms with Gasteiger partial charge in [0.05, 0.1) is 6.20 Å². The molecule has 0 fully saturated rings. The zero-order chi connectivity index (χ0) is 13.4. The van der Waals surface area contributed by atoms with Crippen LogP contribution in [0.2, 0.25) is 0 Å². The Morgan fingerprint density at radius 2 is 1.65 bits per heavy atom. The second-order valence-electron chi connectivity index (χ2n) is 2.81. The normalized spacial score (nSPS) is 12.6. The minimum atomic E-state index is -5.25. The lowest BCUT2D eigenvalue weighted by Crippen LogP contribution is -2.24. The minimum Gasteiger partial charge on any atom is -0.364 e.